The van der Waals surface area contributed by atoms with Crippen LogP contribution in [0.5, 0.6) is 0 Å². The molecule has 114 valence electrons. The number of anilines is 1. The number of nitrogens with one attached hydrogen (secondary N) is 1. The van der Waals surface area contributed by atoms with Crippen LogP contribution in [0, 0.1) is 10.6 Å². The van der Waals surface area contributed by atoms with Gasteiger partial charge in [0.25, 0.3) is 0 Å². The molecule has 3 rings (SSSR count). The van der Waals surface area contributed by atoms with Gasteiger partial charge < -0.3 is 10.5 Å². The Labute approximate surface area is 131 Å². The molecule has 1 aliphatic rings. The second kappa shape index (κ2) is 5.79. The van der Waals surface area contributed by atoms with E-state index in [2.05, 4.69) is 24.1 Å². The summed E-state index contributed by atoms with van der Waals surface area (Å²) in [6, 6.07) is 15.6. The van der Waals surface area contributed by atoms with Crippen molar-refractivity contribution < 1.29 is 4.74 Å². The van der Waals surface area contributed by atoms with Crippen LogP contribution in [0.4, 0.5) is 5.69 Å². The maximum absolute atomic E-state index is 12.7. The maximum Gasteiger partial charge on any atom is 0.219 e. The molecule has 4 heteroatoms. The fourth-order valence-corrected chi connectivity index (χ4v) is 3.16. The first-order valence-corrected chi connectivity index (χ1v) is 7.62. The van der Waals surface area contributed by atoms with Crippen LogP contribution in [0.3, 0.4) is 0 Å². The van der Waals surface area contributed by atoms with Crippen molar-refractivity contribution in [2.24, 2.45) is 5.41 Å². The number of pyridine rings is 1. The first-order valence-electron chi connectivity index (χ1n) is 7.62. The molecule has 0 spiro atoms. The van der Waals surface area contributed by atoms with Gasteiger partial charge in [0.2, 0.25) is 5.71 Å². The lowest BCUT2D eigenvalue weighted by Crippen LogP contribution is -2.27. The minimum Gasteiger partial charge on any atom is -0.623 e. The first kappa shape index (κ1) is 14.6. The van der Waals surface area contributed by atoms with Crippen molar-refractivity contribution in [3.8, 4) is 0 Å². The fourth-order valence-electron chi connectivity index (χ4n) is 3.16. The molecule has 1 aromatic heterocycles. The van der Waals surface area contributed by atoms with E-state index < -0.39 is 0 Å². The summed E-state index contributed by atoms with van der Waals surface area (Å²) in [6.07, 6.45) is 2.56. The van der Waals surface area contributed by atoms with E-state index in [0.717, 1.165) is 28.3 Å². The monoisotopic (exact) mass is 295 g/mol. The molecule has 22 heavy (non-hydrogen) atoms. The Morgan fingerprint density at radius 3 is 2.59 bits per heavy atom. The molecule has 0 amide bonds. The molecule has 1 unspecified atom stereocenters. The van der Waals surface area contributed by atoms with Crippen LogP contribution in [-0.2, 0) is 0 Å². The molecule has 0 aliphatic carbocycles. The van der Waals surface area contributed by atoms with Crippen molar-refractivity contribution in [1.29, 1.82) is 0 Å². The smallest absolute Gasteiger partial charge is 0.219 e. The summed E-state index contributed by atoms with van der Waals surface area (Å²) < 4.78 is 1.15. The van der Waals surface area contributed by atoms with Gasteiger partial charge in [-0.25, -0.2) is 4.74 Å². The molecule has 1 aromatic carbocycles. The van der Waals surface area contributed by atoms with Crippen LogP contribution in [0.25, 0.3) is 0 Å². The number of hydrogen-bond acceptors (Lipinski definition) is 3. The molecule has 2 heterocycles. The molecule has 0 bridgehead atoms. The predicted molar refractivity (Wildman–Crippen MR) is 89.1 cm³/mol. The van der Waals surface area contributed by atoms with Crippen LogP contribution in [-0.4, -0.2) is 28.0 Å². The summed E-state index contributed by atoms with van der Waals surface area (Å²) in [4.78, 5) is 4.36. The number of hydrogen-bond donors (Lipinski definition) is 1. The number of para-hydroxylation sites is 1. The molecule has 4 nitrogen and oxygen atoms in total. The van der Waals surface area contributed by atoms with Crippen LogP contribution >= 0.6 is 0 Å². The lowest BCUT2D eigenvalue weighted by Gasteiger charge is -2.15. The Kier molecular flexibility index (Phi) is 3.84. The largest absolute Gasteiger partial charge is 0.623 e. The van der Waals surface area contributed by atoms with Crippen LogP contribution in [0.1, 0.15) is 26.0 Å². The van der Waals surface area contributed by atoms with Gasteiger partial charge in [0.1, 0.15) is 5.69 Å². The Hall–Kier alpha value is -2.36. The molecule has 0 radical (unpaired) electrons. The van der Waals surface area contributed by atoms with Gasteiger partial charge in [0, 0.05) is 18.3 Å². The zero-order valence-electron chi connectivity index (χ0n) is 13.0. The first-order chi connectivity index (χ1) is 10.6. The minimum atomic E-state index is -0.168. The lowest BCUT2D eigenvalue weighted by molar-refractivity contribution is -0.487. The van der Waals surface area contributed by atoms with E-state index in [1.54, 1.807) is 6.20 Å². The van der Waals surface area contributed by atoms with Gasteiger partial charge >= 0.3 is 0 Å². The predicted octanol–water partition coefficient (Wildman–Crippen LogP) is 3.29. The summed E-state index contributed by atoms with van der Waals surface area (Å²) in [6.45, 7) is 4.86. The van der Waals surface area contributed by atoms with Crippen LogP contribution < -0.4 is 5.32 Å². The minimum absolute atomic E-state index is 0.0767. The highest BCUT2D eigenvalue weighted by Crippen LogP contribution is 2.34. The van der Waals surface area contributed by atoms with E-state index in [4.69, 9.17) is 0 Å². The number of nitrogens with zero attached hydrogens (tertiary/aromatic N) is 2. The van der Waals surface area contributed by atoms with Crippen molar-refractivity contribution in [2.75, 3.05) is 11.9 Å². The van der Waals surface area contributed by atoms with Crippen LogP contribution in [0.2, 0.25) is 0 Å². The topological polar surface area (TPSA) is 51.0 Å². The average molecular weight is 295 g/mol. The van der Waals surface area contributed by atoms with Gasteiger partial charge in [-0.1, -0.05) is 24.3 Å². The third-order valence-corrected chi connectivity index (χ3v) is 4.16. The van der Waals surface area contributed by atoms with Gasteiger partial charge in [-0.3, -0.25) is 4.98 Å². The fraction of sp³-hybridized carbons (Fsp3) is 0.333. The van der Waals surface area contributed by atoms with Crippen molar-refractivity contribution in [3.63, 3.8) is 0 Å². The van der Waals surface area contributed by atoms with E-state index >= 15 is 0 Å². The highest BCUT2D eigenvalue weighted by molar-refractivity contribution is 6.00. The van der Waals surface area contributed by atoms with Crippen molar-refractivity contribution in [1.82, 2.24) is 4.98 Å². The van der Waals surface area contributed by atoms with Crippen molar-refractivity contribution in [2.45, 2.75) is 26.3 Å². The molecule has 1 N–H and O–H groups in total. The zero-order chi connectivity index (χ0) is 15.6. The quantitative estimate of drug-likeness (QED) is 0.695. The molecule has 1 aliphatic heterocycles. The van der Waals surface area contributed by atoms with E-state index in [1.165, 1.54) is 0 Å². The molecular weight excluding hydrogens is 274 g/mol. The summed E-state index contributed by atoms with van der Waals surface area (Å²) in [5.41, 5.74) is 2.44. The highest BCUT2D eigenvalue weighted by atomic mass is 16.5. The Bertz CT molecular complexity index is 665. The van der Waals surface area contributed by atoms with Crippen molar-refractivity contribution in [3.05, 3.63) is 65.6 Å². The molecule has 2 aromatic rings. The highest BCUT2D eigenvalue weighted by Gasteiger charge is 2.45. The van der Waals surface area contributed by atoms with Gasteiger partial charge in [-0.15, -0.1) is 0 Å². The third kappa shape index (κ3) is 2.82. The van der Waals surface area contributed by atoms with E-state index in [1.807, 2.05) is 48.5 Å². The van der Waals surface area contributed by atoms with E-state index in [-0.39, 0.29) is 11.5 Å². The third-order valence-electron chi connectivity index (χ3n) is 4.16. The lowest BCUT2D eigenvalue weighted by atomic mass is 9.83. The summed E-state index contributed by atoms with van der Waals surface area (Å²) in [7, 11) is 0. The Morgan fingerprint density at radius 1 is 1.18 bits per heavy atom. The Balaban J connectivity index is 1.81. The second-order valence-corrected chi connectivity index (χ2v) is 6.38. The van der Waals surface area contributed by atoms with Gasteiger partial charge in [0.05, 0.1) is 12.0 Å². The number of benzene rings is 1. The molecular formula is C18H21N3O. The van der Waals surface area contributed by atoms with Crippen LogP contribution in [0.15, 0.2) is 54.7 Å². The standard InChI is InChI=1S/C18H21N3O/c1-18(2)12-15(13-20-14-8-4-3-5-9-14)21(22)17(18)16-10-6-7-11-19-16/h3-11,15,20H,12-13H2,1-2H3. The maximum atomic E-state index is 12.7. The number of rotatable bonds is 4. The van der Waals surface area contributed by atoms with E-state index in [0.29, 0.717) is 6.54 Å². The summed E-state index contributed by atoms with van der Waals surface area (Å²) >= 11 is 0. The summed E-state index contributed by atoms with van der Waals surface area (Å²) in [5, 5.41) is 16.1. The normalized spacial score (nSPS) is 20.2. The number of aromatic nitrogens is 1. The SMILES string of the molecule is CC1(C)CC(CNc2ccccc2)[N+]([O-])=C1c1ccccn1. The number of hydroxylamine groups is 1. The Morgan fingerprint density at radius 2 is 1.91 bits per heavy atom. The molecule has 0 fully saturated rings. The molecule has 0 saturated heterocycles. The molecule has 1 atom stereocenters. The molecule has 0 saturated carbocycles. The zero-order valence-corrected chi connectivity index (χ0v) is 13.0. The van der Waals surface area contributed by atoms with Gasteiger partial charge in [-0.05, 0) is 38.1 Å². The van der Waals surface area contributed by atoms with Gasteiger partial charge in [0.15, 0.2) is 6.04 Å². The van der Waals surface area contributed by atoms with E-state index in [9.17, 15) is 5.21 Å². The second-order valence-electron chi connectivity index (χ2n) is 6.38. The van der Waals surface area contributed by atoms with Crippen molar-refractivity contribution >= 4 is 11.4 Å². The summed E-state index contributed by atoms with van der Waals surface area (Å²) in [5.74, 6) is 0. The average Bonchev–Trinajstić information content (AvgIpc) is 2.76. The van der Waals surface area contributed by atoms with Gasteiger partial charge in [-0.2, -0.15) is 0 Å².